The lowest BCUT2D eigenvalue weighted by Crippen LogP contribution is -2.40. The molecule has 1 atom stereocenters. The van der Waals surface area contributed by atoms with E-state index in [1.165, 1.54) is 13.8 Å². The number of rotatable bonds is 9. The molecular formula is C24H37NO5. The summed E-state index contributed by atoms with van der Waals surface area (Å²) in [4.78, 5) is 26.3. The van der Waals surface area contributed by atoms with Crippen molar-refractivity contribution in [2.24, 2.45) is 5.92 Å². The summed E-state index contributed by atoms with van der Waals surface area (Å²) in [7, 11) is 0. The Morgan fingerprint density at radius 2 is 1.67 bits per heavy atom. The first kappa shape index (κ1) is 24.4. The molecule has 0 spiro atoms. The molecule has 1 heterocycles. The highest BCUT2D eigenvalue weighted by Gasteiger charge is 2.40. The summed E-state index contributed by atoms with van der Waals surface area (Å²) in [6, 6.07) is 7.34. The molecule has 1 aliphatic rings. The van der Waals surface area contributed by atoms with Gasteiger partial charge in [0.2, 0.25) is 5.91 Å². The molecule has 0 bridgehead atoms. The van der Waals surface area contributed by atoms with Crippen LogP contribution in [0.5, 0.6) is 5.75 Å². The van der Waals surface area contributed by atoms with Crippen molar-refractivity contribution in [1.29, 1.82) is 0 Å². The molecule has 1 aliphatic heterocycles. The van der Waals surface area contributed by atoms with Crippen molar-refractivity contribution in [3.05, 3.63) is 24.3 Å². The molecule has 1 amide bonds. The van der Waals surface area contributed by atoms with Crippen molar-refractivity contribution < 1.29 is 24.2 Å². The van der Waals surface area contributed by atoms with Crippen LogP contribution in [0.2, 0.25) is 0 Å². The van der Waals surface area contributed by atoms with E-state index in [1.807, 2.05) is 52.0 Å². The number of aliphatic hydroxyl groups is 1. The Balaban J connectivity index is 2.04. The van der Waals surface area contributed by atoms with Gasteiger partial charge in [0, 0.05) is 31.0 Å². The normalized spacial score (nSPS) is 18.3. The Morgan fingerprint density at radius 1 is 1.10 bits per heavy atom. The molecule has 1 unspecified atom stereocenters. The highest BCUT2D eigenvalue weighted by molar-refractivity contribution is 6.02. The number of hydrogen-bond donors (Lipinski definition) is 1. The summed E-state index contributed by atoms with van der Waals surface area (Å²) in [5.74, 6) is -0.194. The number of ketones is 1. The lowest BCUT2D eigenvalue weighted by atomic mass is 9.91. The van der Waals surface area contributed by atoms with Crippen LogP contribution in [0.3, 0.4) is 0 Å². The molecule has 0 saturated carbocycles. The maximum atomic E-state index is 12.4. The Labute approximate surface area is 180 Å². The van der Waals surface area contributed by atoms with Crippen LogP contribution in [-0.2, 0) is 14.3 Å². The van der Waals surface area contributed by atoms with Crippen LogP contribution in [0.25, 0.3) is 0 Å². The molecule has 6 nitrogen and oxygen atoms in total. The molecule has 2 rings (SSSR count). The Hall–Kier alpha value is -1.92. The van der Waals surface area contributed by atoms with E-state index in [0.29, 0.717) is 12.2 Å². The molecule has 0 radical (unpaired) electrons. The summed E-state index contributed by atoms with van der Waals surface area (Å²) < 4.78 is 12.2. The maximum absolute atomic E-state index is 12.4. The second kappa shape index (κ2) is 8.67. The number of Topliss-reactive ketones (excluding diaryl/α,β-unsaturated/α-hetero) is 1. The third-order valence-corrected chi connectivity index (χ3v) is 5.05. The van der Waals surface area contributed by atoms with Crippen LogP contribution in [0, 0.1) is 5.92 Å². The number of ether oxygens (including phenoxy) is 2. The second-order valence-corrected chi connectivity index (χ2v) is 10.3. The van der Waals surface area contributed by atoms with Crippen LogP contribution in [0.1, 0.15) is 68.2 Å². The fourth-order valence-electron chi connectivity index (χ4n) is 4.39. The molecule has 1 N–H and O–H groups in total. The van der Waals surface area contributed by atoms with Crippen molar-refractivity contribution in [1.82, 2.24) is 0 Å². The molecule has 1 saturated heterocycles. The smallest absolute Gasteiger partial charge is 0.227 e. The van der Waals surface area contributed by atoms with E-state index < -0.39 is 17.1 Å². The van der Waals surface area contributed by atoms with E-state index in [0.717, 1.165) is 5.69 Å². The van der Waals surface area contributed by atoms with E-state index in [2.05, 4.69) is 13.8 Å². The highest BCUT2D eigenvalue weighted by atomic mass is 16.5. The fraction of sp³-hybridized carbons (Fsp3) is 0.667. The number of hydrogen-bond acceptors (Lipinski definition) is 5. The number of carbonyl (C=O) groups is 2. The number of carbonyl (C=O) groups excluding carboxylic acids is 2. The van der Waals surface area contributed by atoms with Gasteiger partial charge in [0.25, 0.3) is 0 Å². The van der Waals surface area contributed by atoms with Gasteiger partial charge in [0.1, 0.15) is 17.0 Å². The predicted molar refractivity (Wildman–Crippen MR) is 118 cm³/mol. The molecular weight excluding hydrogens is 382 g/mol. The Morgan fingerprint density at radius 3 is 2.17 bits per heavy atom. The summed E-state index contributed by atoms with van der Waals surface area (Å²) >= 11 is 0. The standard InChI is InChI=1S/C24H37NO5/c1-16(2)29-22(3,4)15-23(5,6)30-19-11-9-18(10-12-19)25-14-17(13-20(25)26)21(27)24(7,8)28/h9-12,16-17,28H,13-15H2,1-8H3. The molecule has 168 valence electrons. The van der Waals surface area contributed by atoms with Gasteiger partial charge in [-0.25, -0.2) is 0 Å². The van der Waals surface area contributed by atoms with Gasteiger partial charge in [-0.1, -0.05) is 0 Å². The first-order valence-electron chi connectivity index (χ1n) is 10.6. The summed E-state index contributed by atoms with van der Waals surface area (Å²) in [5, 5.41) is 9.96. The van der Waals surface area contributed by atoms with Gasteiger partial charge in [-0.15, -0.1) is 0 Å². The number of anilines is 1. The molecule has 1 aromatic carbocycles. The van der Waals surface area contributed by atoms with Crippen molar-refractivity contribution in [2.45, 2.75) is 91.1 Å². The van der Waals surface area contributed by atoms with Crippen molar-refractivity contribution in [3.8, 4) is 5.75 Å². The summed E-state index contributed by atoms with van der Waals surface area (Å²) in [6.07, 6.45) is 0.977. The monoisotopic (exact) mass is 419 g/mol. The van der Waals surface area contributed by atoms with E-state index in [-0.39, 0.29) is 36.4 Å². The average molecular weight is 420 g/mol. The van der Waals surface area contributed by atoms with Crippen molar-refractivity contribution >= 4 is 17.4 Å². The predicted octanol–water partition coefficient (Wildman–Crippen LogP) is 4.13. The number of benzene rings is 1. The van der Waals surface area contributed by atoms with E-state index in [4.69, 9.17) is 9.47 Å². The van der Waals surface area contributed by atoms with Crippen LogP contribution in [-0.4, -0.2) is 46.2 Å². The van der Waals surface area contributed by atoms with Crippen molar-refractivity contribution in [2.75, 3.05) is 11.4 Å². The third kappa shape index (κ3) is 6.54. The maximum Gasteiger partial charge on any atom is 0.227 e. The molecule has 0 aromatic heterocycles. The van der Waals surface area contributed by atoms with Gasteiger partial charge in [-0.05, 0) is 79.7 Å². The van der Waals surface area contributed by atoms with Crippen LogP contribution >= 0.6 is 0 Å². The lowest BCUT2D eigenvalue weighted by Gasteiger charge is -2.36. The van der Waals surface area contributed by atoms with Crippen LogP contribution in [0.15, 0.2) is 24.3 Å². The molecule has 0 aliphatic carbocycles. The van der Waals surface area contributed by atoms with Crippen molar-refractivity contribution in [3.63, 3.8) is 0 Å². The first-order chi connectivity index (χ1) is 13.6. The minimum Gasteiger partial charge on any atom is -0.488 e. The largest absolute Gasteiger partial charge is 0.488 e. The molecule has 1 fully saturated rings. The van der Waals surface area contributed by atoms with Gasteiger partial charge in [-0.2, -0.15) is 0 Å². The fourth-order valence-corrected chi connectivity index (χ4v) is 4.39. The van der Waals surface area contributed by atoms with Gasteiger partial charge in [0.05, 0.1) is 11.7 Å². The molecule has 1 aromatic rings. The lowest BCUT2D eigenvalue weighted by molar-refractivity contribution is -0.138. The average Bonchev–Trinajstić information content (AvgIpc) is 2.92. The Kier molecular flexibility index (Phi) is 7.04. The Bertz CT molecular complexity index is 759. The summed E-state index contributed by atoms with van der Waals surface area (Å²) in [5.41, 5.74) is -1.47. The van der Waals surface area contributed by atoms with E-state index in [9.17, 15) is 14.7 Å². The van der Waals surface area contributed by atoms with Gasteiger partial charge in [0.15, 0.2) is 5.78 Å². The zero-order valence-corrected chi connectivity index (χ0v) is 19.6. The SMILES string of the molecule is CC(C)OC(C)(C)CC(C)(C)Oc1ccc(N2CC(C(=O)C(C)(C)O)CC2=O)cc1. The third-order valence-electron chi connectivity index (χ3n) is 5.05. The van der Waals surface area contributed by atoms with Gasteiger partial charge < -0.3 is 19.5 Å². The van der Waals surface area contributed by atoms with Gasteiger partial charge >= 0.3 is 0 Å². The first-order valence-corrected chi connectivity index (χ1v) is 10.6. The second-order valence-electron chi connectivity index (χ2n) is 10.3. The van der Waals surface area contributed by atoms with E-state index >= 15 is 0 Å². The van der Waals surface area contributed by atoms with Crippen LogP contribution < -0.4 is 9.64 Å². The minimum atomic E-state index is -1.43. The zero-order valence-electron chi connectivity index (χ0n) is 19.6. The quantitative estimate of drug-likeness (QED) is 0.651. The van der Waals surface area contributed by atoms with Gasteiger partial charge in [-0.3, -0.25) is 9.59 Å². The number of nitrogens with zero attached hydrogens (tertiary/aromatic N) is 1. The summed E-state index contributed by atoms with van der Waals surface area (Å²) in [6.45, 7) is 15.4. The zero-order chi connectivity index (χ0) is 22.9. The molecule has 6 heteroatoms. The topological polar surface area (TPSA) is 76.1 Å². The van der Waals surface area contributed by atoms with E-state index in [1.54, 1.807) is 4.90 Å². The molecule has 30 heavy (non-hydrogen) atoms. The minimum absolute atomic E-state index is 0.112. The number of amides is 1. The van der Waals surface area contributed by atoms with Crippen LogP contribution in [0.4, 0.5) is 5.69 Å². The highest BCUT2D eigenvalue weighted by Crippen LogP contribution is 2.32.